The first-order chi connectivity index (χ1) is 11.6. The van der Waals surface area contributed by atoms with E-state index in [-0.39, 0.29) is 17.4 Å². The van der Waals surface area contributed by atoms with Crippen LogP contribution < -0.4 is 4.72 Å². The van der Waals surface area contributed by atoms with Crippen molar-refractivity contribution in [2.75, 3.05) is 19.3 Å². The van der Waals surface area contributed by atoms with Gasteiger partial charge in [-0.2, -0.15) is 0 Å². The van der Waals surface area contributed by atoms with E-state index in [1.54, 1.807) is 0 Å². The molecule has 142 valence electrons. The van der Waals surface area contributed by atoms with Crippen molar-refractivity contribution in [3.63, 3.8) is 0 Å². The Bertz CT molecular complexity index is 648. The van der Waals surface area contributed by atoms with Crippen LogP contribution in [0.2, 0.25) is 0 Å². The lowest BCUT2D eigenvalue weighted by Crippen LogP contribution is -2.57. The van der Waals surface area contributed by atoms with E-state index in [1.165, 1.54) is 12.7 Å². The molecule has 0 spiro atoms. The van der Waals surface area contributed by atoms with Gasteiger partial charge in [0.15, 0.2) is 0 Å². The first-order valence-corrected chi connectivity index (χ1v) is 11.5. The molecule has 5 fully saturated rings. The highest BCUT2D eigenvalue weighted by Crippen LogP contribution is 2.62. The quantitative estimate of drug-likeness (QED) is 0.780. The van der Waals surface area contributed by atoms with Crippen LogP contribution in [0.4, 0.5) is 0 Å². The zero-order valence-corrected chi connectivity index (χ0v) is 15.9. The second-order valence-corrected chi connectivity index (χ2v) is 11.2. The Kier molecular flexibility index (Phi) is 4.20. The van der Waals surface area contributed by atoms with E-state index in [1.807, 2.05) is 4.90 Å². The average Bonchev–Trinajstić information content (AvgIpc) is 2.42. The number of hydrogen-bond acceptors (Lipinski definition) is 4. The summed E-state index contributed by atoms with van der Waals surface area (Å²) in [6.45, 7) is 1.19. The Balaban J connectivity index is 1.42. The Morgan fingerprint density at radius 2 is 1.92 bits per heavy atom. The van der Waals surface area contributed by atoms with Crippen LogP contribution >= 0.6 is 0 Å². The summed E-state index contributed by atoms with van der Waals surface area (Å²) in [6.07, 6.45) is 9.31. The molecular weight excluding hydrogens is 340 g/mol. The minimum absolute atomic E-state index is 0.0207. The smallest absolute Gasteiger partial charge is 0.223 e. The number of hydrogen-bond donors (Lipinski definition) is 2. The molecule has 1 amide bonds. The minimum Gasteiger partial charge on any atom is -0.390 e. The van der Waals surface area contributed by atoms with Gasteiger partial charge in [-0.25, -0.2) is 13.1 Å². The molecule has 1 heterocycles. The van der Waals surface area contributed by atoms with Gasteiger partial charge >= 0.3 is 0 Å². The topological polar surface area (TPSA) is 86.7 Å². The van der Waals surface area contributed by atoms with Crippen molar-refractivity contribution in [1.29, 1.82) is 0 Å². The zero-order chi connectivity index (χ0) is 17.9. The Morgan fingerprint density at radius 3 is 2.52 bits per heavy atom. The first kappa shape index (κ1) is 17.7. The largest absolute Gasteiger partial charge is 0.390 e. The lowest BCUT2D eigenvalue weighted by atomic mass is 9.47. The molecule has 7 heteroatoms. The van der Waals surface area contributed by atoms with Gasteiger partial charge in [0.25, 0.3) is 0 Å². The summed E-state index contributed by atoms with van der Waals surface area (Å²) in [5.41, 5.74) is -0.556. The van der Waals surface area contributed by atoms with Crippen LogP contribution in [0.3, 0.4) is 0 Å². The minimum atomic E-state index is -3.25. The molecule has 0 aromatic heterocycles. The second kappa shape index (κ2) is 5.92. The molecule has 3 unspecified atom stereocenters. The summed E-state index contributed by atoms with van der Waals surface area (Å²) < 4.78 is 25.6. The highest BCUT2D eigenvalue weighted by Gasteiger charge is 2.57. The van der Waals surface area contributed by atoms with Crippen molar-refractivity contribution in [3.05, 3.63) is 0 Å². The van der Waals surface area contributed by atoms with Crippen LogP contribution in [0, 0.1) is 17.3 Å². The van der Waals surface area contributed by atoms with Gasteiger partial charge in [-0.3, -0.25) is 4.79 Å². The number of nitrogens with zero attached hydrogens (tertiary/aromatic N) is 1. The summed E-state index contributed by atoms with van der Waals surface area (Å²) in [5, 5.41) is 10.9. The van der Waals surface area contributed by atoms with Gasteiger partial charge in [-0.05, 0) is 68.6 Å². The highest BCUT2D eigenvalue weighted by molar-refractivity contribution is 7.88. The second-order valence-electron chi connectivity index (χ2n) is 9.43. The van der Waals surface area contributed by atoms with Crippen LogP contribution in [0.15, 0.2) is 0 Å². The molecular formula is C18H30N2O4S. The number of carbonyl (C=O) groups is 1. The molecule has 0 aromatic carbocycles. The van der Waals surface area contributed by atoms with Gasteiger partial charge < -0.3 is 10.0 Å². The van der Waals surface area contributed by atoms with E-state index >= 15 is 0 Å². The standard InChI is InChI=1S/C18H30N2O4S/c1-25(23,24)19-15-3-2-4-20(11-15)16(21)10-17-6-13-5-14(7-17)9-18(22,8-13)12-17/h13-15,19,22H,2-12H2,1H3. The Hall–Kier alpha value is -0.660. The van der Waals surface area contributed by atoms with Gasteiger partial charge in [0.2, 0.25) is 15.9 Å². The third-order valence-corrected chi connectivity index (χ3v) is 7.59. The maximum atomic E-state index is 13.0. The van der Waals surface area contributed by atoms with E-state index in [0.29, 0.717) is 31.3 Å². The van der Waals surface area contributed by atoms with Gasteiger partial charge in [-0.1, -0.05) is 0 Å². The molecule has 5 rings (SSSR count). The van der Waals surface area contributed by atoms with Gasteiger partial charge in [0, 0.05) is 25.6 Å². The lowest BCUT2D eigenvalue weighted by molar-refractivity contribution is -0.172. The Labute approximate surface area is 150 Å². The molecule has 0 aromatic rings. The number of carbonyl (C=O) groups excluding carboxylic acids is 1. The first-order valence-electron chi connectivity index (χ1n) is 9.61. The van der Waals surface area contributed by atoms with Crippen molar-refractivity contribution in [2.24, 2.45) is 17.3 Å². The van der Waals surface area contributed by atoms with Gasteiger partial charge in [0.05, 0.1) is 11.9 Å². The number of nitrogens with one attached hydrogen (secondary N) is 1. The van der Waals surface area contributed by atoms with Crippen LogP contribution in [0.5, 0.6) is 0 Å². The van der Waals surface area contributed by atoms with Crippen molar-refractivity contribution in [3.8, 4) is 0 Å². The summed E-state index contributed by atoms with van der Waals surface area (Å²) >= 11 is 0. The van der Waals surface area contributed by atoms with Crippen LogP contribution in [-0.4, -0.2) is 55.3 Å². The molecule has 1 aliphatic heterocycles. The molecule has 5 aliphatic rings. The van der Waals surface area contributed by atoms with Crippen molar-refractivity contribution in [2.45, 2.75) is 69.4 Å². The summed E-state index contributed by atoms with van der Waals surface area (Å²) in [6, 6.07) is -0.173. The van der Waals surface area contributed by atoms with E-state index in [9.17, 15) is 18.3 Å². The number of rotatable bonds is 4. The maximum absolute atomic E-state index is 13.0. The monoisotopic (exact) mass is 370 g/mol. The molecule has 0 radical (unpaired) electrons. The third-order valence-electron chi connectivity index (χ3n) is 6.83. The molecule has 6 nitrogen and oxygen atoms in total. The highest BCUT2D eigenvalue weighted by atomic mass is 32.2. The van der Waals surface area contributed by atoms with Crippen molar-refractivity contribution < 1.29 is 18.3 Å². The molecule has 25 heavy (non-hydrogen) atoms. The van der Waals surface area contributed by atoms with Crippen LogP contribution in [0.1, 0.15) is 57.8 Å². The van der Waals surface area contributed by atoms with Crippen LogP contribution in [-0.2, 0) is 14.8 Å². The van der Waals surface area contributed by atoms with Gasteiger partial charge in [0.1, 0.15) is 0 Å². The van der Waals surface area contributed by atoms with Crippen LogP contribution in [0.25, 0.3) is 0 Å². The predicted molar refractivity (Wildman–Crippen MR) is 94.3 cm³/mol. The zero-order valence-electron chi connectivity index (χ0n) is 15.0. The Morgan fingerprint density at radius 1 is 1.24 bits per heavy atom. The fourth-order valence-electron chi connectivity index (χ4n) is 6.64. The molecule has 3 atom stereocenters. The molecule has 4 aliphatic carbocycles. The normalized spacial score (nSPS) is 43.4. The summed E-state index contributed by atoms with van der Waals surface area (Å²) in [7, 11) is -3.25. The molecule has 2 N–H and O–H groups in total. The van der Waals surface area contributed by atoms with Crippen molar-refractivity contribution >= 4 is 15.9 Å². The average molecular weight is 371 g/mol. The predicted octanol–water partition coefficient (Wildman–Crippen LogP) is 1.25. The third kappa shape index (κ3) is 3.74. The number of piperidine rings is 1. The van der Waals surface area contributed by atoms with Crippen molar-refractivity contribution in [1.82, 2.24) is 9.62 Å². The summed E-state index contributed by atoms with van der Waals surface area (Å²) in [5.74, 6) is 1.31. The van der Waals surface area contributed by atoms with E-state index in [0.717, 1.165) is 44.9 Å². The molecule has 4 bridgehead atoms. The number of amides is 1. The van der Waals surface area contributed by atoms with E-state index < -0.39 is 15.6 Å². The summed E-state index contributed by atoms with van der Waals surface area (Å²) in [4.78, 5) is 14.8. The lowest BCUT2D eigenvalue weighted by Gasteiger charge is -2.60. The fourth-order valence-corrected chi connectivity index (χ4v) is 7.44. The molecule has 1 saturated heterocycles. The molecule has 4 saturated carbocycles. The van der Waals surface area contributed by atoms with E-state index in [2.05, 4.69) is 4.72 Å². The number of likely N-dealkylation sites (tertiary alicyclic amines) is 1. The van der Waals surface area contributed by atoms with Gasteiger partial charge in [-0.15, -0.1) is 0 Å². The fraction of sp³-hybridized carbons (Fsp3) is 0.944. The number of aliphatic hydroxyl groups is 1. The van der Waals surface area contributed by atoms with E-state index in [4.69, 9.17) is 0 Å². The number of sulfonamides is 1. The SMILES string of the molecule is CS(=O)(=O)NC1CCCN(C(=O)CC23CC4CC(CC(O)(C4)C2)C3)C1. The maximum Gasteiger partial charge on any atom is 0.223 e.